The Morgan fingerprint density at radius 1 is 1.45 bits per heavy atom. The number of hydrogen-bond acceptors (Lipinski definition) is 8. The lowest BCUT2D eigenvalue weighted by Gasteiger charge is -2.16. The largest absolute Gasteiger partial charge is 0.437 e. The van der Waals surface area contributed by atoms with Gasteiger partial charge in [0.25, 0.3) is 18.5 Å². The summed E-state index contributed by atoms with van der Waals surface area (Å²) in [5.74, 6) is -1.09. The number of hydrogen-bond donors (Lipinski definition) is 1. The van der Waals surface area contributed by atoms with E-state index in [2.05, 4.69) is 27.0 Å². The van der Waals surface area contributed by atoms with E-state index in [4.69, 9.17) is 9.15 Å². The van der Waals surface area contributed by atoms with Crippen LogP contribution in [0.1, 0.15) is 17.6 Å². The van der Waals surface area contributed by atoms with E-state index in [0.717, 1.165) is 5.01 Å². The Bertz CT molecular complexity index is 540. The van der Waals surface area contributed by atoms with Crippen molar-refractivity contribution in [2.45, 2.75) is 13.2 Å². The Kier molecular flexibility index (Phi) is 3.82. The Morgan fingerprint density at radius 3 is 2.85 bits per heavy atom. The van der Waals surface area contributed by atoms with Gasteiger partial charge < -0.3 is 19.4 Å². The molecular weight excluding hydrogens is 268 g/mol. The highest BCUT2D eigenvalue weighted by Gasteiger charge is 2.35. The SMILES string of the molecule is CCNC(=O)C1O[C]=NN1c1nnc(C(=O)N(C)C)o1. The predicted molar refractivity (Wildman–Crippen MR) is 65.8 cm³/mol. The first kappa shape index (κ1) is 13.8. The molecule has 20 heavy (non-hydrogen) atoms. The van der Waals surface area contributed by atoms with Gasteiger partial charge in [-0.1, -0.05) is 5.10 Å². The summed E-state index contributed by atoms with van der Waals surface area (Å²) in [6.07, 6.45) is 1.10. The molecule has 1 aromatic heterocycles. The van der Waals surface area contributed by atoms with Crippen molar-refractivity contribution < 1.29 is 18.7 Å². The van der Waals surface area contributed by atoms with Gasteiger partial charge in [0.15, 0.2) is 0 Å². The summed E-state index contributed by atoms with van der Waals surface area (Å²) in [7, 11) is 3.10. The summed E-state index contributed by atoms with van der Waals surface area (Å²) in [4.78, 5) is 24.7. The van der Waals surface area contributed by atoms with Gasteiger partial charge in [0, 0.05) is 20.6 Å². The first-order valence-corrected chi connectivity index (χ1v) is 5.78. The summed E-state index contributed by atoms with van der Waals surface area (Å²) in [6.45, 7) is 2.20. The van der Waals surface area contributed by atoms with Crippen LogP contribution in [0.4, 0.5) is 6.01 Å². The number of likely N-dealkylation sites (N-methyl/N-ethyl adjacent to an activating group) is 1. The average Bonchev–Trinajstić information content (AvgIpc) is 3.06. The molecule has 1 aliphatic heterocycles. The Morgan fingerprint density at radius 2 is 2.20 bits per heavy atom. The van der Waals surface area contributed by atoms with Crippen LogP contribution in [-0.2, 0) is 9.53 Å². The molecule has 0 aliphatic carbocycles. The fraction of sp³-hybridized carbons (Fsp3) is 0.500. The maximum Gasteiger partial charge on any atom is 0.343 e. The van der Waals surface area contributed by atoms with Gasteiger partial charge in [-0.15, -0.1) is 10.2 Å². The number of amides is 2. The fourth-order valence-corrected chi connectivity index (χ4v) is 1.37. The molecule has 0 spiro atoms. The standard InChI is InChI=1S/C10H13N6O4/c1-4-11-6(17)9-16(12-5-19-9)10-14-13-7(20-10)8(18)15(2)3/h9H,4H2,1-3H3,(H,11,17). The first-order chi connectivity index (χ1) is 9.54. The molecule has 107 valence electrons. The van der Waals surface area contributed by atoms with E-state index in [9.17, 15) is 9.59 Å². The fourth-order valence-electron chi connectivity index (χ4n) is 1.37. The van der Waals surface area contributed by atoms with Gasteiger partial charge in [-0.3, -0.25) is 9.59 Å². The summed E-state index contributed by atoms with van der Waals surface area (Å²) >= 11 is 0. The number of rotatable bonds is 4. The molecule has 1 N–H and O–H groups in total. The van der Waals surface area contributed by atoms with Crippen molar-refractivity contribution in [1.29, 1.82) is 0 Å². The summed E-state index contributed by atoms with van der Waals surface area (Å²) in [6, 6.07) is -0.128. The predicted octanol–water partition coefficient (Wildman–Crippen LogP) is -1.11. The number of anilines is 1. The minimum atomic E-state index is -1.09. The molecule has 1 unspecified atom stereocenters. The van der Waals surface area contributed by atoms with Crippen LogP contribution in [0, 0.1) is 0 Å². The van der Waals surface area contributed by atoms with Crippen molar-refractivity contribution in [1.82, 2.24) is 20.4 Å². The molecule has 0 fully saturated rings. The molecule has 1 atom stereocenters. The van der Waals surface area contributed by atoms with Crippen molar-refractivity contribution >= 4 is 24.2 Å². The molecule has 1 radical (unpaired) electrons. The van der Waals surface area contributed by atoms with Crippen molar-refractivity contribution in [3.63, 3.8) is 0 Å². The topological polar surface area (TPSA) is 113 Å². The van der Waals surface area contributed by atoms with E-state index in [-0.39, 0.29) is 11.9 Å². The van der Waals surface area contributed by atoms with Gasteiger partial charge in [0.2, 0.25) is 0 Å². The lowest BCUT2D eigenvalue weighted by Crippen LogP contribution is -2.43. The van der Waals surface area contributed by atoms with Gasteiger partial charge in [0.1, 0.15) is 0 Å². The number of nitrogens with one attached hydrogen (secondary N) is 1. The second-order valence-corrected chi connectivity index (χ2v) is 3.99. The van der Waals surface area contributed by atoms with Crippen LogP contribution in [0.5, 0.6) is 0 Å². The second-order valence-electron chi connectivity index (χ2n) is 3.99. The van der Waals surface area contributed by atoms with Crippen molar-refractivity contribution in [3.8, 4) is 0 Å². The summed E-state index contributed by atoms with van der Waals surface area (Å²) < 4.78 is 10.1. The molecule has 2 rings (SSSR count). The van der Waals surface area contributed by atoms with Gasteiger partial charge in [-0.25, -0.2) is 0 Å². The number of carbonyl (C=O) groups is 2. The van der Waals surface area contributed by atoms with Crippen LogP contribution in [0.15, 0.2) is 9.52 Å². The van der Waals surface area contributed by atoms with Crippen molar-refractivity contribution in [2.75, 3.05) is 25.6 Å². The van der Waals surface area contributed by atoms with Crippen LogP contribution >= 0.6 is 0 Å². The van der Waals surface area contributed by atoms with Crippen LogP contribution in [0.2, 0.25) is 0 Å². The van der Waals surface area contributed by atoms with Crippen molar-refractivity contribution in [2.24, 2.45) is 5.10 Å². The van der Waals surface area contributed by atoms with Gasteiger partial charge >= 0.3 is 17.8 Å². The smallest absolute Gasteiger partial charge is 0.343 e. The molecule has 10 heteroatoms. The maximum atomic E-state index is 11.7. The van der Waals surface area contributed by atoms with E-state index in [0.29, 0.717) is 6.54 Å². The molecule has 2 heterocycles. The highest BCUT2D eigenvalue weighted by Crippen LogP contribution is 2.20. The number of carbonyl (C=O) groups excluding carboxylic acids is 2. The number of nitrogens with zero attached hydrogens (tertiary/aromatic N) is 5. The highest BCUT2D eigenvalue weighted by atomic mass is 16.5. The Balaban J connectivity index is 2.16. The molecule has 0 bridgehead atoms. The molecule has 2 amide bonds. The van der Waals surface area contributed by atoms with Crippen molar-refractivity contribution in [3.05, 3.63) is 5.89 Å². The molecule has 0 saturated heterocycles. The molecule has 1 aromatic rings. The van der Waals surface area contributed by atoms with Gasteiger partial charge in [0.05, 0.1) is 0 Å². The second kappa shape index (κ2) is 5.55. The maximum absolute atomic E-state index is 11.7. The molecular formula is C10H13N6O4. The number of aromatic nitrogens is 2. The zero-order chi connectivity index (χ0) is 14.7. The lowest BCUT2D eigenvalue weighted by atomic mass is 10.5. The normalized spacial score (nSPS) is 16.9. The van der Waals surface area contributed by atoms with Crippen LogP contribution in [-0.4, -0.2) is 60.2 Å². The monoisotopic (exact) mass is 281 g/mol. The molecule has 0 aromatic carbocycles. The summed E-state index contributed by atoms with van der Waals surface area (Å²) in [5.41, 5.74) is 0. The summed E-state index contributed by atoms with van der Waals surface area (Å²) in [5, 5.41) is 14.6. The van der Waals surface area contributed by atoms with Gasteiger partial charge in [-0.2, -0.15) is 5.01 Å². The van der Waals surface area contributed by atoms with E-state index in [1.807, 2.05) is 0 Å². The zero-order valence-electron chi connectivity index (χ0n) is 11.2. The van der Waals surface area contributed by atoms with Crippen LogP contribution in [0.3, 0.4) is 0 Å². The van der Waals surface area contributed by atoms with Crippen LogP contribution < -0.4 is 10.3 Å². The first-order valence-electron chi connectivity index (χ1n) is 5.78. The molecule has 1 aliphatic rings. The van der Waals surface area contributed by atoms with Crippen LogP contribution in [0.25, 0.3) is 0 Å². The molecule has 0 saturated carbocycles. The lowest BCUT2D eigenvalue weighted by molar-refractivity contribution is -0.127. The third-order valence-corrected chi connectivity index (χ3v) is 2.31. The van der Waals surface area contributed by atoms with E-state index < -0.39 is 18.0 Å². The average molecular weight is 281 g/mol. The Labute approximate surface area is 114 Å². The quantitative estimate of drug-likeness (QED) is 0.744. The molecule has 10 nitrogen and oxygen atoms in total. The van der Waals surface area contributed by atoms with E-state index >= 15 is 0 Å². The third kappa shape index (κ3) is 2.53. The minimum absolute atomic E-state index is 0.128. The number of ether oxygens (including phenoxy) is 1. The Hall–Kier alpha value is -2.65. The van der Waals surface area contributed by atoms with E-state index in [1.165, 1.54) is 4.90 Å². The highest BCUT2D eigenvalue weighted by molar-refractivity contribution is 5.89. The zero-order valence-corrected chi connectivity index (χ0v) is 11.2. The number of hydrazone groups is 1. The van der Waals surface area contributed by atoms with Gasteiger partial charge in [-0.05, 0) is 6.92 Å². The minimum Gasteiger partial charge on any atom is -0.437 e. The van der Waals surface area contributed by atoms with E-state index in [1.54, 1.807) is 21.0 Å². The third-order valence-electron chi connectivity index (χ3n) is 2.31.